The van der Waals surface area contributed by atoms with Gasteiger partial charge < -0.3 is 4.57 Å². The van der Waals surface area contributed by atoms with Gasteiger partial charge in [-0.25, -0.2) is 14.1 Å². The van der Waals surface area contributed by atoms with E-state index in [-0.39, 0.29) is 11.4 Å². The van der Waals surface area contributed by atoms with Gasteiger partial charge in [0.1, 0.15) is 10.5 Å². The van der Waals surface area contributed by atoms with Crippen molar-refractivity contribution in [3.05, 3.63) is 57.2 Å². The largest absolute Gasteiger partial charge is 0.323 e. The quantitative estimate of drug-likeness (QED) is 0.496. The van der Waals surface area contributed by atoms with E-state index in [1.165, 1.54) is 16.0 Å². The van der Waals surface area contributed by atoms with Crippen molar-refractivity contribution in [2.45, 2.75) is 13.0 Å². The third-order valence-electron chi connectivity index (χ3n) is 4.64. The van der Waals surface area contributed by atoms with E-state index in [0.717, 1.165) is 27.0 Å². The SMILES string of the molecule is Cn1ccc(Cn2ncc3c4sc(Cc5[nH]ncc5F)nc4n(C)c3c2=O)n1. The molecule has 142 valence electrons. The Labute approximate surface area is 161 Å². The van der Waals surface area contributed by atoms with Gasteiger partial charge in [0.2, 0.25) is 0 Å². The summed E-state index contributed by atoms with van der Waals surface area (Å²) < 4.78 is 19.4. The van der Waals surface area contributed by atoms with Crippen LogP contribution in [0, 0.1) is 5.82 Å². The summed E-state index contributed by atoms with van der Waals surface area (Å²) >= 11 is 1.43. The fourth-order valence-corrected chi connectivity index (χ4v) is 4.41. The Kier molecular flexibility index (Phi) is 3.66. The van der Waals surface area contributed by atoms with Gasteiger partial charge in [-0.2, -0.15) is 15.3 Å². The Balaban J connectivity index is 1.59. The molecule has 0 fully saturated rings. The van der Waals surface area contributed by atoms with Crippen molar-refractivity contribution in [2.24, 2.45) is 14.1 Å². The lowest BCUT2D eigenvalue weighted by Gasteiger charge is -2.03. The first kappa shape index (κ1) is 16.8. The molecule has 0 bridgehead atoms. The maximum absolute atomic E-state index is 13.6. The molecule has 0 aliphatic carbocycles. The lowest BCUT2D eigenvalue weighted by Crippen LogP contribution is -2.24. The van der Waals surface area contributed by atoms with Crippen molar-refractivity contribution in [3.63, 3.8) is 0 Å². The summed E-state index contributed by atoms with van der Waals surface area (Å²) in [7, 11) is 3.63. The molecule has 5 heterocycles. The summed E-state index contributed by atoms with van der Waals surface area (Å²) in [5.74, 6) is -0.386. The van der Waals surface area contributed by atoms with Crippen LogP contribution in [0.3, 0.4) is 0 Å². The average molecular weight is 398 g/mol. The molecular weight excluding hydrogens is 383 g/mol. The van der Waals surface area contributed by atoms with E-state index < -0.39 is 0 Å². The summed E-state index contributed by atoms with van der Waals surface area (Å²) in [6.45, 7) is 0.298. The summed E-state index contributed by atoms with van der Waals surface area (Å²) in [5, 5.41) is 16.4. The van der Waals surface area contributed by atoms with Gasteiger partial charge >= 0.3 is 0 Å². The number of rotatable bonds is 4. The van der Waals surface area contributed by atoms with E-state index in [2.05, 4.69) is 25.4 Å². The predicted octanol–water partition coefficient (Wildman–Crippen LogP) is 1.58. The molecule has 0 aromatic carbocycles. The fraction of sp³-hybridized carbons (Fsp3) is 0.235. The summed E-state index contributed by atoms with van der Waals surface area (Å²) in [4.78, 5) is 17.6. The minimum Gasteiger partial charge on any atom is -0.323 e. The monoisotopic (exact) mass is 398 g/mol. The van der Waals surface area contributed by atoms with Crippen LogP contribution in [0.1, 0.15) is 16.4 Å². The van der Waals surface area contributed by atoms with Gasteiger partial charge in [-0.3, -0.25) is 14.6 Å². The highest BCUT2D eigenvalue weighted by molar-refractivity contribution is 7.19. The fourth-order valence-electron chi connectivity index (χ4n) is 3.30. The van der Waals surface area contributed by atoms with E-state index in [4.69, 9.17) is 0 Å². The zero-order valence-corrected chi connectivity index (χ0v) is 15.9. The van der Waals surface area contributed by atoms with Gasteiger partial charge in [0.25, 0.3) is 5.56 Å². The minimum absolute atomic E-state index is 0.197. The Morgan fingerprint density at radius 2 is 2.14 bits per heavy atom. The number of thiazole rings is 1. The van der Waals surface area contributed by atoms with Crippen LogP contribution in [0.4, 0.5) is 4.39 Å². The molecule has 0 spiro atoms. The van der Waals surface area contributed by atoms with Gasteiger partial charge in [0, 0.05) is 32.1 Å². The number of hydrogen-bond acceptors (Lipinski definition) is 6. The zero-order chi connectivity index (χ0) is 19.4. The number of aromatic amines is 1. The number of fused-ring (bicyclic) bond motifs is 3. The second kappa shape index (κ2) is 6.09. The van der Waals surface area contributed by atoms with Crippen molar-refractivity contribution in [2.75, 3.05) is 0 Å². The maximum atomic E-state index is 13.6. The average Bonchev–Trinajstić information content (AvgIpc) is 3.41. The number of aromatic nitrogens is 8. The highest BCUT2D eigenvalue weighted by atomic mass is 32.1. The number of hydrogen-bond donors (Lipinski definition) is 1. The van der Waals surface area contributed by atoms with Crippen molar-refractivity contribution >= 4 is 32.6 Å². The molecule has 0 saturated heterocycles. The number of nitrogens with zero attached hydrogens (tertiary/aromatic N) is 7. The predicted molar refractivity (Wildman–Crippen MR) is 102 cm³/mol. The van der Waals surface area contributed by atoms with Crippen LogP contribution in [0.5, 0.6) is 0 Å². The molecule has 11 heteroatoms. The Morgan fingerprint density at radius 3 is 2.86 bits per heavy atom. The first-order valence-electron chi connectivity index (χ1n) is 8.51. The van der Waals surface area contributed by atoms with Crippen LogP contribution in [0.15, 0.2) is 29.5 Å². The highest BCUT2D eigenvalue weighted by Gasteiger charge is 2.19. The van der Waals surface area contributed by atoms with E-state index in [1.54, 1.807) is 22.5 Å². The van der Waals surface area contributed by atoms with Crippen LogP contribution in [0.2, 0.25) is 0 Å². The third kappa shape index (κ3) is 2.54. The number of H-pyrrole nitrogens is 1. The summed E-state index contributed by atoms with van der Waals surface area (Å²) in [5.41, 5.74) is 2.18. The molecule has 1 N–H and O–H groups in total. The topological polar surface area (TPSA) is 99.2 Å². The second-order valence-electron chi connectivity index (χ2n) is 6.54. The van der Waals surface area contributed by atoms with Crippen molar-refractivity contribution in [3.8, 4) is 0 Å². The standard InChI is InChI=1S/C17H15FN8OS/c1-24-4-3-9(23-24)8-26-17(27)14-10(6-20-26)15-16(25(14)2)21-13(28-15)5-12-11(18)7-19-22-12/h3-4,6-7H,5,8H2,1-2H3,(H,19,22). The molecule has 0 saturated carbocycles. The van der Waals surface area contributed by atoms with Crippen LogP contribution >= 0.6 is 11.3 Å². The Hall–Kier alpha value is -3.34. The molecular formula is C17H15FN8OS. The molecule has 0 aliphatic rings. The Bertz CT molecular complexity index is 1390. The number of halogens is 1. The van der Waals surface area contributed by atoms with Crippen molar-refractivity contribution in [1.29, 1.82) is 0 Å². The molecule has 0 amide bonds. The maximum Gasteiger partial charge on any atom is 0.291 e. The smallest absolute Gasteiger partial charge is 0.291 e. The molecule has 0 atom stereocenters. The van der Waals surface area contributed by atoms with Gasteiger partial charge in [-0.15, -0.1) is 11.3 Å². The molecule has 28 heavy (non-hydrogen) atoms. The van der Waals surface area contributed by atoms with E-state index in [9.17, 15) is 9.18 Å². The Morgan fingerprint density at radius 1 is 1.29 bits per heavy atom. The van der Waals surface area contributed by atoms with Gasteiger partial charge in [0.05, 0.1) is 35.0 Å². The number of aryl methyl sites for hydroxylation is 2. The highest BCUT2D eigenvalue weighted by Crippen LogP contribution is 2.31. The zero-order valence-electron chi connectivity index (χ0n) is 15.0. The molecule has 5 aromatic rings. The van der Waals surface area contributed by atoms with E-state index in [1.807, 2.05) is 19.3 Å². The van der Waals surface area contributed by atoms with Crippen LogP contribution in [-0.2, 0) is 27.1 Å². The number of nitrogens with one attached hydrogen (secondary N) is 1. The summed E-state index contributed by atoms with van der Waals surface area (Å²) in [6.07, 6.45) is 4.97. The van der Waals surface area contributed by atoms with Gasteiger partial charge in [-0.05, 0) is 6.07 Å². The molecule has 0 radical (unpaired) electrons. The van der Waals surface area contributed by atoms with E-state index in [0.29, 0.717) is 29.8 Å². The summed E-state index contributed by atoms with van der Waals surface area (Å²) in [6, 6.07) is 1.85. The van der Waals surface area contributed by atoms with Crippen LogP contribution in [-0.4, -0.2) is 39.3 Å². The molecule has 9 nitrogen and oxygen atoms in total. The van der Waals surface area contributed by atoms with Crippen molar-refractivity contribution < 1.29 is 4.39 Å². The van der Waals surface area contributed by atoms with Crippen LogP contribution < -0.4 is 5.56 Å². The first-order chi connectivity index (χ1) is 13.5. The second-order valence-corrected chi connectivity index (χ2v) is 7.63. The molecule has 5 aromatic heterocycles. The lowest BCUT2D eigenvalue weighted by atomic mass is 10.3. The van der Waals surface area contributed by atoms with Gasteiger partial charge in [0.15, 0.2) is 11.5 Å². The normalized spacial score (nSPS) is 11.8. The minimum atomic E-state index is -0.386. The molecule has 5 rings (SSSR count). The van der Waals surface area contributed by atoms with Crippen molar-refractivity contribution in [1.82, 2.24) is 39.3 Å². The third-order valence-corrected chi connectivity index (χ3v) is 5.72. The van der Waals surface area contributed by atoms with E-state index >= 15 is 0 Å². The lowest BCUT2D eigenvalue weighted by molar-refractivity contribution is 0.614. The molecule has 0 aliphatic heterocycles. The first-order valence-corrected chi connectivity index (χ1v) is 9.33. The van der Waals surface area contributed by atoms with Crippen LogP contribution in [0.25, 0.3) is 21.3 Å². The van der Waals surface area contributed by atoms with Gasteiger partial charge in [-0.1, -0.05) is 0 Å². The molecule has 0 unspecified atom stereocenters.